The summed E-state index contributed by atoms with van der Waals surface area (Å²) in [5.41, 5.74) is 0.995. The molecule has 0 saturated carbocycles. The van der Waals surface area contributed by atoms with Crippen LogP contribution in [0.3, 0.4) is 0 Å². The van der Waals surface area contributed by atoms with E-state index in [1.54, 1.807) is 0 Å². The molecule has 0 spiro atoms. The Morgan fingerprint density at radius 2 is 0.579 bits per heavy atom. The zero-order valence-electron chi connectivity index (χ0n) is 30.2. The first-order valence-electron chi connectivity index (χ1n) is 18.1. The van der Waals surface area contributed by atoms with Gasteiger partial charge in [0.25, 0.3) is 0 Å². The summed E-state index contributed by atoms with van der Waals surface area (Å²) in [6.45, 7) is 2.70. The van der Waals surface area contributed by atoms with E-state index < -0.39 is 30.0 Å². The highest BCUT2D eigenvalue weighted by Crippen LogP contribution is 2.31. The van der Waals surface area contributed by atoms with Crippen LogP contribution in [-0.2, 0) is 37.9 Å². The molecular formula is C41H36O16. The minimum atomic E-state index is -2.48. The molecule has 0 bridgehead atoms. The summed E-state index contributed by atoms with van der Waals surface area (Å²) in [5, 5.41) is 0. The molecule has 4 aromatic rings. The van der Waals surface area contributed by atoms with E-state index in [1.165, 1.54) is 97.1 Å². The van der Waals surface area contributed by atoms with Gasteiger partial charge in [-0.25, -0.2) is 19.2 Å². The average molecular weight is 785 g/mol. The van der Waals surface area contributed by atoms with Crippen LogP contribution in [0.5, 0.6) is 23.0 Å². The van der Waals surface area contributed by atoms with E-state index in [2.05, 4.69) is 0 Å². The van der Waals surface area contributed by atoms with Gasteiger partial charge >= 0.3 is 30.0 Å². The quantitative estimate of drug-likeness (QED) is 0.0537. The van der Waals surface area contributed by atoms with Crippen LogP contribution in [0.25, 0.3) is 0 Å². The van der Waals surface area contributed by atoms with E-state index in [0.717, 1.165) is 0 Å². The van der Waals surface area contributed by atoms with Crippen LogP contribution >= 0.6 is 0 Å². The first-order valence-corrected chi connectivity index (χ1v) is 18.1. The summed E-state index contributed by atoms with van der Waals surface area (Å²) in [4.78, 5) is 50.6. The van der Waals surface area contributed by atoms with E-state index in [0.29, 0.717) is 26.4 Å². The van der Waals surface area contributed by atoms with Crippen molar-refractivity contribution < 1.29 is 76.0 Å². The molecule has 0 radical (unpaired) electrons. The van der Waals surface area contributed by atoms with Crippen molar-refractivity contribution in [3.63, 3.8) is 0 Å². The highest BCUT2D eigenvalue weighted by Gasteiger charge is 2.44. The Labute approximate surface area is 325 Å². The second kappa shape index (κ2) is 16.9. The largest absolute Gasteiger partial charge is 0.611 e. The lowest BCUT2D eigenvalue weighted by molar-refractivity contribution is -0.367. The van der Waals surface area contributed by atoms with Gasteiger partial charge in [0.2, 0.25) is 0 Å². The van der Waals surface area contributed by atoms with Crippen molar-refractivity contribution in [2.45, 2.75) is 30.6 Å². The molecular weight excluding hydrogens is 748 g/mol. The number of esters is 4. The number of hydrogen-bond donors (Lipinski definition) is 0. The van der Waals surface area contributed by atoms with Gasteiger partial charge in [-0.1, -0.05) is 0 Å². The van der Waals surface area contributed by atoms with Crippen molar-refractivity contribution in [3.8, 4) is 23.0 Å². The highest BCUT2D eigenvalue weighted by atomic mass is 17.0. The van der Waals surface area contributed by atoms with Crippen LogP contribution < -0.4 is 18.9 Å². The molecule has 4 unspecified atom stereocenters. The number of hydrogen-bond acceptors (Lipinski definition) is 16. The number of benzene rings is 4. The van der Waals surface area contributed by atoms with Gasteiger partial charge in [0.05, 0.1) is 48.7 Å². The lowest BCUT2D eigenvalue weighted by Gasteiger charge is -2.32. The number of epoxide rings is 4. The van der Waals surface area contributed by atoms with Crippen LogP contribution in [0.15, 0.2) is 97.1 Å². The average Bonchev–Trinajstić information content (AvgIpc) is 4.02. The van der Waals surface area contributed by atoms with Gasteiger partial charge in [0.1, 0.15) is 73.8 Å². The predicted octanol–water partition coefficient (Wildman–Crippen LogP) is 4.14. The van der Waals surface area contributed by atoms with Gasteiger partial charge in [0.15, 0.2) is 0 Å². The zero-order valence-corrected chi connectivity index (χ0v) is 30.2. The van der Waals surface area contributed by atoms with Crippen molar-refractivity contribution in [3.05, 3.63) is 119 Å². The van der Waals surface area contributed by atoms with E-state index in [9.17, 15) is 19.2 Å². The normalized spacial score (nSPS) is 20.8. The molecule has 4 aliphatic rings. The molecule has 0 amide bonds. The topological polar surface area (TPSA) is 192 Å². The molecule has 4 heterocycles. The minimum Gasteiger partial charge on any atom is -0.459 e. The SMILES string of the molecule is O=C(OCC1CO1)c1ccc(OC(Oc2ccc(C(=O)OCC3CO3)cc2)(Oc2ccc(C(=O)OCC3CO3)cc2)Oc2ccc(C(=O)OCC3CO3)cc2)cc1. The van der Waals surface area contributed by atoms with Crippen LogP contribution in [0.2, 0.25) is 0 Å². The molecule has 8 rings (SSSR count). The Bertz CT molecular complexity index is 1730. The van der Waals surface area contributed by atoms with Gasteiger partial charge < -0.3 is 56.8 Å². The lowest BCUT2D eigenvalue weighted by atomic mass is 10.2. The standard InChI is InChI=1S/C41H36O16/c42-37(50-21-33-17-46-33)25-1-9-29(10-2-25)54-41(55-30-11-3-26(4-12-30)38(43)51-22-34-18-47-34,56-31-13-5-27(6-14-31)39(44)52-23-35-19-48-35)57-32-15-7-28(8-16-32)40(45)53-24-36-20-49-36/h1-16,33-36H,17-24H2. The molecule has 4 atom stereocenters. The van der Waals surface area contributed by atoms with Gasteiger partial charge in [-0.2, -0.15) is 0 Å². The fourth-order valence-corrected chi connectivity index (χ4v) is 5.00. The Balaban J connectivity index is 1.08. The number of carbonyl (C=O) groups is 4. The van der Waals surface area contributed by atoms with Crippen LogP contribution in [0.1, 0.15) is 41.4 Å². The number of rotatable bonds is 20. The molecule has 4 fully saturated rings. The molecule has 57 heavy (non-hydrogen) atoms. The summed E-state index contributed by atoms with van der Waals surface area (Å²) >= 11 is 0. The summed E-state index contributed by atoms with van der Waals surface area (Å²) in [5.74, 6) is -1.70. The third-order valence-electron chi connectivity index (χ3n) is 8.54. The van der Waals surface area contributed by atoms with E-state index >= 15 is 0 Å². The Morgan fingerprint density at radius 1 is 0.386 bits per heavy atom. The van der Waals surface area contributed by atoms with E-state index in [1.807, 2.05) is 0 Å². The van der Waals surface area contributed by atoms with E-state index in [-0.39, 0.29) is 96.1 Å². The maximum absolute atomic E-state index is 12.6. The summed E-state index contributed by atoms with van der Waals surface area (Å²) in [7, 11) is 0. The van der Waals surface area contributed by atoms with Crippen molar-refractivity contribution in [2.24, 2.45) is 0 Å². The van der Waals surface area contributed by atoms with Crippen molar-refractivity contribution >= 4 is 23.9 Å². The summed E-state index contributed by atoms with van der Waals surface area (Å²) in [6.07, 6.45) is -2.89. The lowest BCUT2D eigenvalue weighted by Crippen LogP contribution is -2.53. The first kappa shape index (κ1) is 37.7. The van der Waals surface area contributed by atoms with Gasteiger partial charge in [-0.3, -0.25) is 0 Å². The zero-order chi connectivity index (χ0) is 39.2. The second-order valence-corrected chi connectivity index (χ2v) is 13.2. The monoisotopic (exact) mass is 784 g/mol. The maximum atomic E-state index is 12.6. The van der Waals surface area contributed by atoms with Crippen LogP contribution in [0.4, 0.5) is 0 Å². The predicted molar refractivity (Wildman–Crippen MR) is 191 cm³/mol. The third kappa shape index (κ3) is 11.0. The fourth-order valence-electron chi connectivity index (χ4n) is 5.00. The first-order chi connectivity index (χ1) is 27.8. The highest BCUT2D eigenvalue weighted by molar-refractivity contribution is 5.91. The van der Waals surface area contributed by atoms with Crippen LogP contribution in [0, 0.1) is 0 Å². The van der Waals surface area contributed by atoms with Crippen molar-refractivity contribution in [1.82, 2.24) is 0 Å². The molecule has 0 N–H and O–H groups in total. The van der Waals surface area contributed by atoms with Crippen molar-refractivity contribution in [1.29, 1.82) is 0 Å². The molecule has 16 nitrogen and oxygen atoms in total. The van der Waals surface area contributed by atoms with E-state index in [4.69, 9.17) is 56.8 Å². The van der Waals surface area contributed by atoms with Crippen LogP contribution in [-0.4, -0.2) is 107 Å². The molecule has 0 aliphatic carbocycles. The molecule has 16 heteroatoms. The van der Waals surface area contributed by atoms with Gasteiger partial charge in [0, 0.05) is 0 Å². The maximum Gasteiger partial charge on any atom is 0.611 e. The third-order valence-corrected chi connectivity index (χ3v) is 8.54. The Kier molecular flexibility index (Phi) is 11.2. The molecule has 4 aromatic carbocycles. The Hall–Kier alpha value is -6.20. The minimum absolute atomic E-state index is 0.102. The second-order valence-electron chi connectivity index (χ2n) is 13.2. The molecule has 4 saturated heterocycles. The van der Waals surface area contributed by atoms with Gasteiger partial charge in [-0.05, 0) is 97.1 Å². The summed E-state index contributed by atoms with van der Waals surface area (Å²) in [6, 6.07) is 23.8. The van der Waals surface area contributed by atoms with Gasteiger partial charge in [-0.15, -0.1) is 0 Å². The fraction of sp³-hybridized carbons (Fsp3) is 0.317. The molecule has 296 valence electrons. The Morgan fingerprint density at radius 3 is 0.754 bits per heavy atom. The summed E-state index contributed by atoms with van der Waals surface area (Å²) < 4.78 is 67.1. The molecule has 0 aromatic heterocycles. The smallest absolute Gasteiger partial charge is 0.459 e. The number of carbonyl (C=O) groups excluding carboxylic acids is 4. The van der Waals surface area contributed by atoms with Crippen molar-refractivity contribution in [2.75, 3.05) is 52.9 Å². The molecule has 4 aliphatic heterocycles. The number of ether oxygens (including phenoxy) is 12.